The lowest BCUT2D eigenvalue weighted by Crippen LogP contribution is -2.25. The summed E-state index contributed by atoms with van der Waals surface area (Å²) in [5, 5.41) is 4.10. The summed E-state index contributed by atoms with van der Waals surface area (Å²) in [6, 6.07) is 13.3. The molecule has 126 valence electrons. The standard InChI is InChI=1S/C19H22N2O3/c1-13-5-6-14(2)18(11-13)24-12-19(22)21-20-15(3)16-7-9-17(23-4)10-8-16/h5-11H,12H2,1-4H3,(H,21,22)/b20-15+. The predicted molar refractivity (Wildman–Crippen MR) is 94.8 cm³/mol. The Labute approximate surface area is 142 Å². The molecular weight excluding hydrogens is 304 g/mol. The van der Waals surface area contributed by atoms with E-state index in [-0.39, 0.29) is 12.5 Å². The molecule has 24 heavy (non-hydrogen) atoms. The summed E-state index contributed by atoms with van der Waals surface area (Å²) in [6.45, 7) is 5.67. The molecule has 0 saturated carbocycles. The third-order valence-electron chi connectivity index (χ3n) is 3.56. The number of nitrogens with zero attached hydrogens (tertiary/aromatic N) is 1. The van der Waals surface area contributed by atoms with E-state index in [1.54, 1.807) is 7.11 Å². The molecule has 5 heteroatoms. The van der Waals surface area contributed by atoms with Gasteiger partial charge in [0.1, 0.15) is 11.5 Å². The number of aryl methyl sites for hydroxylation is 2. The van der Waals surface area contributed by atoms with Crippen LogP contribution in [0.1, 0.15) is 23.6 Å². The Bertz CT molecular complexity index is 737. The molecule has 0 aliphatic carbocycles. The predicted octanol–water partition coefficient (Wildman–Crippen LogP) is 3.23. The van der Waals surface area contributed by atoms with Crippen molar-refractivity contribution in [3.05, 3.63) is 59.2 Å². The second kappa shape index (κ2) is 8.15. The average molecular weight is 326 g/mol. The molecule has 0 atom stereocenters. The SMILES string of the molecule is COc1ccc(/C(C)=N/NC(=O)COc2cc(C)ccc2C)cc1. The lowest BCUT2D eigenvalue weighted by atomic mass is 10.1. The highest BCUT2D eigenvalue weighted by atomic mass is 16.5. The number of ether oxygens (including phenoxy) is 2. The minimum atomic E-state index is -0.302. The number of hydrogen-bond donors (Lipinski definition) is 1. The van der Waals surface area contributed by atoms with Gasteiger partial charge in [0.15, 0.2) is 6.61 Å². The van der Waals surface area contributed by atoms with E-state index >= 15 is 0 Å². The van der Waals surface area contributed by atoms with Crippen LogP contribution >= 0.6 is 0 Å². The van der Waals surface area contributed by atoms with Gasteiger partial charge in [0, 0.05) is 0 Å². The van der Waals surface area contributed by atoms with Crippen molar-refractivity contribution in [2.24, 2.45) is 5.10 Å². The maximum absolute atomic E-state index is 11.9. The fourth-order valence-corrected chi connectivity index (χ4v) is 2.08. The fourth-order valence-electron chi connectivity index (χ4n) is 2.08. The van der Waals surface area contributed by atoms with E-state index in [2.05, 4.69) is 10.5 Å². The number of carbonyl (C=O) groups excluding carboxylic acids is 1. The smallest absolute Gasteiger partial charge is 0.277 e. The summed E-state index contributed by atoms with van der Waals surface area (Å²) in [6.07, 6.45) is 0. The van der Waals surface area contributed by atoms with Crippen LogP contribution in [0, 0.1) is 13.8 Å². The van der Waals surface area contributed by atoms with Gasteiger partial charge in [-0.1, -0.05) is 12.1 Å². The van der Waals surface area contributed by atoms with E-state index in [4.69, 9.17) is 9.47 Å². The number of hydrazone groups is 1. The van der Waals surface area contributed by atoms with Gasteiger partial charge in [-0.05, 0) is 67.8 Å². The average Bonchev–Trinajstić information content (AvgIpc) is 2.60. The van der Waals surface area contributed by atoms with Gasteiger partial charge in [0.2, 0.25) is 0 Å². The zero-order valence-corrected chi connectivity index (χ0v) is 14.4. The van der Waals surface area contributed by atoms with Gasteiger partial charge in [-0.3, -0.25) is 4.79 Å². The molecule has 5 nitrogen and oxygen atoms in total. The van der Waals surface area contributed by atoms with Crippen molar-refractivity contribution >= 4 is 11.6 Å². The van der Waals surface area contributed by atoms with E-state index in [1.807, 2.05) is 63.2 Å². The fraction of sp³-hybridized carbons (Fsp3) is 0.263. The largest absolute Gasteiger partial charge is 0.497 e. The molecule has 0 saturated heterocycles. The summed E-state index contributed by atoms with van der Waals surface area (Å²) in [5.74, 6) is 1.18. The van der Waals surface area contributed by atoms with Gasteiger partial charge in [-0.2, -0.15) is 5.10 Å². The monoisotopic (exact) mass is 326 g/mol. The zero-order valence-electron chi connectivity index (χ0n) is 14.4. The first-order chi connectivity index (χ1) is 11.5. The number of nitrogens with one attached hydrogen (secondary N) is 1. The molecule has 0 fully saturated rings. The number of amides is 1. The molecular formula is C19H22N2O3. The van der Waals surface area contributed by atoms with Gasteiger partial charge in [-0.25, -0.2) is 5.43 Å². The summed E-state index contributed by atoms with van der Waals surface area (Å²) >= 11 is 0. The molecule has 2 rings (SSSR count). The molecule has 0 spiro atoms. The third-order valence-corrected chi connectivity index (χ3v) is 3.56. The number of carbonyl (C=O) groups is 1. The second-order valence-corrected chi connectivity index (χ2v) is 5.52. The highest BCUT2D eigenvalue weighted by Crippen LogP contribution is 2.18. The summed E-state index contributed by atoms with van der Waals surface area (Å²) in [5.41, 5.74) is 6.20. The van der Waals surface area contributed by atoms with Crippen molar-refractivity contribution < 1.29 is 14.3 Å². The number of methoxy groups -OCH3 is 1. The summed E-state index contributed by atoms with van der Waals surface area (Å²) in [7, 11) is 1.62. The first-order valence-corrected chi connectivity index (χ1v) is 7.67. The van der Waals surface area contributed by atoms with Crippen LogP contribution in [-0.2, 0) is 4.79 Å². The minimum absolute atomic E-state index is 0.0797. The molecule has 0 unspecified atom stereocenters. The van der Waals surface area contributed by atoms with Gasteiger partial charge < -0.3 is 9.47 Å². The van der Waals surface area contributed by atoms with Crippen LogP contribution < -0.4 is 14.9 Å². The minimum Gasteiger partial charge on any atom is -0.497 e. The normalized spacial score (nSPS) is 11.1. The molecule has 1 amide bonds. The van der Waals surface area contributed by atoms with E-state index < -0.39 is 0 Å². The topological polar surface area (TPSA) is 59.9 Å². The Morgan fingerprint density at radius 3 is 2.50 bits per heavy atom. The maximum Gasteiger partial charge on any atom is 0.277 e. The van der Waals surface area contributed by atoms with Gasteiger partial charge >= 0.3 is 0 Å². The highest BCUT2D eigenvalue weighted by Gasteiger charge is 2.05. The van der Waals surface area contributed by atoms with Crippen molar-refractivity contribution in [2.75, 3.05) is 13.7 Å². The van der Waals surface area contributed by atoms with Gasteiger partial charge in [0.05, 0.1) is 12.8 Å². The quantitative estimate of drug-likeness (QED) is 0.655. The third kappa shape index (κ3) is 4.84. The zero-order chi connectivity index (χ0) is 17.5. The van der Waals surface area contributed by atoms with Crippen molar-refractivity contribution in [3.63, 3.8) is 0 Å². The van der Waals surface area contributed by atoms with Crippen LogP contribution in [-0.4, -0.2) is 25.3 Å². The van der Waals surface area contributed by atoms with Gasteiger partial charge in [0.25, 0.3) is 5.91 Å². The van der Waals surface area contributed by atoms with Crippen LogP contribution in [0.2, 0.25) is 0 Å². The molecule has 0 aromatic heterocycles. The lowest BCUT2D eigenvalue weighted by Gasteiger charge is -2.09. The molecule has 2 aromatic carbocycles. The first kappa shape index (κ1) is 17.5. The summed E-state index contributed by atoms with van der Waals surface area (Å²) < 4.78 is 10.7. The van der Waals surface area contributed by atoms with Crippen molar-refractivity contribution in [1.29, 1.82) is 0 Å². The number of rotatable bonds is 6. The number of hydrogen-bond acceptors (Lipinski definition) is 4. The Morgan fingerprint density at radius 2 is 1.83 bits per heavy atom. The molecule has 1 N–H and O–H groups in total. The maximum atomic E-state index is 11.9. The first-order valence-electron chi connectivity index (χ1n) is 7.67. The Kier molecular flexibility index (Phi) is 5.95. The van der Waals surface area contributed by atoms with E-state index in [1.165, 1.54) is 0 Å². The van der Waals surface area contributed by atoms with Crippen LogP contribution in [0.3, 0.4) is 0 Å². The highest BCUT2D eigenvalue weighted by molar-refractivity contribution is 5.99. The lowest BCUT2D eigenvalue weighted by molar-refractivity contribution is -0.123. The number of benzene rings is 2. The van der Waals surface area contributed by atoms with Crippen LogP contribution in [0.5, 0.6) is 11.5 Å². The molecule has 0 radical (unpaired) electrons. The molecule has 2 aromatic rings. The van der Waals surface area contributed by atoms with E-state index in [0.717, 1.165) is 22.4 Å². The molecule has 0 bridgehead atoms. The van der Waals surface area contributed by atoms with Crippen molar-refractivity contribution in [2.45, 2.75) is 20.8 Å². The molecule has 0 aliphatic heterocycles. The second-order valence-electron chi connectivity index (χ2n) is 5.52. The van der Waals surface area contributed by atoms with E-state index in [9.17, 15) is 4.79 Å². The van der Waals surface area contributed by atoms with Crippen molar-refractivity contribution in [3.8, 4) is 11.5 Å². The Balaban J connectivity index is 1.90. The molecule has 0 heterocycles. The van der Waals surface area contributed by atoms with Crippen LogP contribution in [0.15, 0.2) is 47.6 Å². The Morgan fingerprint density at radius 1 is 1.12 bits per heavy atom. The van der Waals surface area contributed by atoms with Crippen LogP contribution in [0.4, 0.5) is 0 Å². The van der Waals surface area contributed by atoms with Gasteiger partial charge in [-0.15, -0.1) is 0 Å². The van der Waals surface area contributed by atoms with Crippen LogP contribution in [0.25, 0.3) is 0 Å². The van der Waals surface area contributed by atoms with E-state index in [0.29, 0.717) is 11.5 Å². The summed E-state index contributed by atoms with van der Waals surface area (Å²) in [4.78, 5) is 11.9. The molecule has 0 aliphatic rings. The Hall–Kier alpha value is -2.82. The van der Waals surface area contributed by atoms with Crippen molar-refractivity contribution in [1.82, 2.24) is 5.43 Å².